The quantitative estimate of drug-likeness (QED) is 0.531. The van der Waals surface area contributed by atoms with E-state index in [-0.39, 0.29) is 11.5 Å². The van der Waals surface area contributed by atoms with Crippen LogP contribution in [0.1, 0.15) is 78.7 Å². The van der Waals surface area contributed by atoms with Crippen LogP contribution >= 0.6 is 0 Å². The van der Waals surface area contributed by atoms with Crippen molar-refractivity contribution in [2.75, 3.05) is 24.5 Å². The van der Waals surface area contributed by atoms with Crippen molar-refractivity contribution in [1.82, 2.24) is 4.90 Å². The Hall–Kier alpha value is -1.55. The van der Waals surface area contributed by atoms with Gasteiger partial charge in [-0.3, -0.25) is 4.90 Å². The Morgan fingerprint density at radius 3 is 2.23 bits per heavy atom. The van der Waals surface area contributed by atoms with Crippen LogP contribution in [0, 0.1) is 11.8 Å². The van der Waals surface area contributed by atoms with E-state index in [0.717, 1.165) is 56.0 Å². The fraction of sp³-hybridized carbons (Fsp3) is 0.731. The number of rotatable bonds is 1. The summed E-state index contributed by atoms with van der Waals surface area (Å²) in [6.07, 6.45) is 7.50. The lowest BCUT2D eigenvalue weighted by Crippen LogP contribution is -2.49. The zero-order valence-corrected chi connectivity index (χ0v) is 19.6. The van der Waals surface area contributed by atoms with Crippen molar-refractivity contribution >= 4 is 11.8 Å². The summed E-state index contributed by atoms with van der Waals surface area (Å²) in [6.45, 7) is 13.7. The van der Waals surface area contributed by atoms with Crippen molar-refractivity contribution in [3.63, 3.8) is 0 Å². The number of nitrogens with zero attached hydrogens (tertiary/aromatic N) is 2. The highest BCUT2D eigenvalue weighted by Crippen LogP contribution is 2.48. The average molecular weight is 413 g/mol. The standard InChI is InChI=1S/C26H40N2O2/c1-19-10-11-20(2)17-21(16-19)27-14-12-26(13-15-27)18-28(24(29)30-25(3,4)5)23-9-7-6-8-22(23)26/h6-9,19-21H,10-18H2,1-5H3. The van der Waals surface area contributed by atoms with Gasteiger partial charge in [0.1, 0.15) is 5.60 Å². The van der Waals surface area contributed by atoms with E-state index in [1.54, 1.807) is 0 Å². The molecule has 1 aliphatic carbocycles. The van der Waals surface area contributed by atoms with E-state index in [2.05, 4.69) is 36.9 Å². The van der Waals surface area contributed by atoms with Crippen molar-refractivity contribution < 1.29 is 9.53 Å². The molecular formula is C26H40N2O2. The normalized spacial score (nSPS) is 29.5. The summed E-state index contributed by atoms with van der Waals surface area (Å²) in [5, 5.41) is 0. The molecule has 4 rings (SSSR count). The summed E-state index contributed by atoms with van der Waals surface area (Å²) >= 11 is 0. The number of carbonyl (C=O) groups excluding carboxylic acids is 1. The third kappa shape index (κ3) is 4.39. The number of para-hydroxylation sites is 1. The number of carbonyl (C=O) groups is 1. The van der Waals surface area contributed by atoms with Gasteiger partial charge in [-0.15, -0.1) is 0 Å². The average Bonchev–Trinajstić information content (AvgIpc) is 2.89. The van der Waals surface area contributed by atoms with Gasteiger partial charge in [0.15, 0.2) is 0 Å². The van der Waals surface area contributed by atoms with Gasteiger partial charge in [0.2, 0.25) is 0 Å². The lowest BCUT2D eigenvalue weighted by Gasteiger charge is -2.43. The lowest BCUT2D eigenvalue weighted by atomic mass is 9.74. The molecule has 4 heteroatoms. The van der Waals surface area contributed by atoms with Gasteiger partial charge in [-0.2, -0.15) is 0 Å². The molecule has 2 atom stereocenters. The van der Waals surface area contributed by atoms with E-state index in [4.69, 9.17) is 4.74 Å². The minimum Gasteiger partial charge on any atom is -0.443 e. The van der Waals surface area contributed by atoms with Crippen LogP contribution in [-0.4, -0.2) is 42.3 Å². The van der Waals surface area contributed by atoms with Gasteiger partial charge < -0.3 is 9.64 Å². The number of likely N-dealkylation sites (tertiary alicyclic amines) is 1. The summed E-state index contributed by atoms with van der Waals surface area (Å²) in [7, 11) is 0. The number of hydrogen-bond donors (Lipinski definition) is 0. The predicted molar refractivity (Wildman–Crippen MR) is 123 cm³/mol. The maximum Gasteiger partial charge on any atom is 0.414 e. The van der Waals surface area contributed by atoms with Crippen LogP contribution in [0.2, 0.25) is 0 Å². The number of benzene rings is 1. The first-order valence-corrected chi connectivity index (χ1v) is 12.0. The smallest absolute Gasteiger partial charge is 0.414 e. The first-order valence-electron chi connectivity index (χ1n) is 12.0. The molecule has 4 nitrogen and oxygen atoms in total. The molecule has 2 heterocycles. The summed E-state index contributed by atoms with van der Waals surface area (Å²) in [5.41, 5.74) is 2.00. The molecule has 2 fully saturated rings. The van der Waals surface area contributed by atoms with Gasteiger partial charge in [0.05, 0.1) is 5.69 Å². The summed E-state index contributed by atoms with van der Waals surface area (Å²) in [6, 6.07) is 9.23. The summed E-state index contributed by atoms with van der Waals surface area (Å²) < 4.78 is 5.74. The van der Waals surface area contributed by atoms with E-state index in [0.29, 0.717) is 0 Å². The first-order chi connectivity index (χ1) is 14.2. The van der Waals surface area contributed by atoms with Crippen LogP contribution in [0.5, 0.6) is 0 Å². The highest BCUT2D eigenvalue weighted by atomic mass is 16.6. The third-order valence-corrected chi connectivity index (χ3v) is 7.61. The molecule has 1 saturated heterocycles. The van der Waals surface area contributed by atoms with Gasteiger partial charge in [-0.25, -0.2) is 4.79 Å². The molecule has 0 aromatic heterocycles. The van der Waals surface area contributed by atoms with Gasteiger partial charge in [-0.1, -0.05) is 44.9 Å². The number of hydrogen-bond acceptors (Lipinski definition) is 3. The molecular weight excluding hydrogens is 372 g/mol. The highest BCUT2D eigenvalue weighted by molar-refractivity contribution is 5.91. The lowest BCUT2D eigenvalue weighted by molar-refractivity contribution is 0.0562. The van der Waals surface area contributed by atoms with E-state index >= 15 is 0 Å². The Labute approximate surface area is 183 Å². The molecule has 1 spiro atoms. The predicted octanol–water partition coefficient (Wildman–Crippen LogP) is 5.99. The second kappa shape index (κ2) is 8.18. The Morgan fingerprint density at radius 1 is 1.03 bits per heavy atom. The van der Waals surface area contributed by atoms with Crippen LogP contribution in [-0.2, 0) is 10.2 Å². The number of fused-ring (bicyclic) bond motifs is 2. The van der Waals surface area contributed by atoms with E-state index < -0.39 is 5.60 Å². The largest absolute Gasteiger partial charge is 0.443 e. The number of anilines is 1. The molecule has 1 aromatic rings. The minimum atomic E-state index is -0.474. The number of piperidine rings is 1. The van der Waals surface area contributed by atoms with Crippen molar-refractivity contribution in [2.24, 2.45) is 11.8 Å². The SMILES string of the molecule is CC1CCC(C)CC(N2CCC3(CC2)CN(C(=O)OC(C)(C)C)c2ccccc23)C1. The second-order valence-electron chi connectivity index (χ2n) is 11.3. The van der Waals surface area contributed by atoms with E-state index in [1.807, 2.05) is 31.7 Å². The zero-order valence-electron chi connectivity index (χ0n) is 19.6. The molecule has 3 aliphatic rings. The molecule has 30 heavy (non-hydrogen) atoms. The minimum absolute atomic E-state index is 0.0754. The van der Waals surface area contributed by atoms with E-state index in [1.165, 1.54) is 31.2 Å². The molecule has 1 aromatic carbocycles. The molecule has 2 aliphatic heterocycles. The third-order valence-electron chi connectivity index (χ3n) is 7.61. The molecule has 0 radical (unpaired) electrons. The Kier molecular flexibility index (Phi) is 5.91. The molecule has 1 amide bonds. The Balaban J connectivity index is 1.50. The topological polar surface area (TPSA) is 32.8 Å². The van der Waals surface area contributed by atoms with Crippen LogP contribution in [0.3, 0.4) is 0 Å². The Bertz CT molecular complexity index is 749. The maximum absolute atomic E-state index is 13.0. The highest BCUT2D eigenvalue weighted by Gasteiger charge is 2.47. The molecule has 0 N–H and O–H groups in total. The summed E-state index contributed by atoms with van der Waals surface area (Å²) in [5.74, 6) is 1.68. The van der Waals surface area contributed by atoms with Crippen molar-refractivity contribution in [1.29, 1.82) is 0 Å². The molecule has 1 saturated carbocycles. The van der Waals surface area contributed by atoms with Crippen molar-refractivity contribution in [3.8, 4) is 0 Å². The summed E-state index contributed by atoms with van der Waals surface area (Å²) in [4.78, 5) is 17.6. The second-order valence-corrected chi connectivity index (χ2v) is 11.3. The van der Waals surface area contributed by atoms with Gasteiger partial charge in [0, 0.05) is 18.0 Å². The van der Waals surface area contributed by atoms with Crippen molar-refractivity contribution in [3.05, 3.63) is 29.8 Å². The molecule has 0 bridgehead atoms. The van der Waals surface area contributed by atoms with Gasteiger partial charge in [0.25, 0.3) is 0 Å². The first kappa shape index (κ1) is 21.7. The van der Waals surface area contributed by atoms with Crippen LogP contribution in [0.15, 0.2) is 24.3 Å². The van der Waals surface area contributed by atoms with Crippen LogP contribution < -0.4 is 4.90 Å². The number of ether oxygens (including phenoxy) is 1. The monoisotopic (exact) mass is 412 g/mol. The van der Waals surface area contributed by atoms with Crippen molar-refractivity contribution in [2.45, 2.75) is 90.2 Å². The number of amides is 1. The Morgan fingerprint density at radius 2 is 1.63 bits per heavy atom. The van der Waals surface area contributed by atoms with Gasteiger partial charge in [-0.05, 0) is 83.0 Å². The van der Waals surface area contributed by atoms with Crippen LogP contribution in [0.4, 0.5) is 10.5 Å². The maximum atomic E-state index is 13.0. The molecule has 2 unspecified atom stereocenters. The van der Waals surface area contributed by atoms with Crippen LogP contribution in [0.25, 0.3) is 0 Å². The fourth-order valence-electron chi connectivity index (χ4n) is 5.98. The molecule has 166 valence electrons. The van der Waals surface area contributed by atoms with Gasteiger partial charge >= 0.3 is 6.09 Å². The van der Waals surface area contributed by atoms with E-state index in [9.17, 15) is 4.79 Å². The fourth-order valence-corrected chi connectivity index (χ4v) is 5.98. The zero-order chi connectivity index (χ0) is 21.5.